The number of halogens is 2. The summed E-state index contributed by atoms with van der Waals surface area (Å²) in [4.78, 5) is 20.1. The summed E-state index contributed by atoms with van der Waals surface area (Å²) in [7, 11) is -3.83. The van der Waals surface area contributed by atoms with Crippen molar-refractivity contribution in [2.75, 3.05) is 24.8 Å². The van der Waals surface area contributed by atoms with Gasteiger partial charge in [0.25, 0.3) is 0 Å². The van der Waals surface area contributed by atoms with E-state index >= 15 is 0 Å². The monoisotopic (exact) mass is 262 g/mol. The lowest BCUT2D eigenvalue weighted by molar-refractivity contribution is -0.117. The number of hydrogen-bond donors (Lipinski definition) is 2. The molecule has 0 aromatic heterocycles. The average Bonchev–Trinajstić information content (AvgIpc) is 2.01. The molecular formula is C6H13Cl2N2O3P. The van der Waals surface area contributed by atoms with Crippen LogP contribution >= 0.6 is 30.9 Å². The summed E-state index contributed by atoms with van der Waals surface area (Å²) in [6.45, 7) is 1.56. The SMILES string of the molecule is CC(=O)NP(=O)(O)N(CCCl)CCCl. The fraction of sp³-hybridized carbons (Fsp3) is 0.833. The summed E-state index contributed by atoms with van der Waals surface area (Å²) in [6, 6.07) is 0. The Morgan fingerprint density at radius 3 is 2.14 bits per heavy atom. The highest BCUT2D eigenvalue weighted by Gasteiger charge is 2.27. The second kappa shape index (κ2) is 6.64. The molecule has 0 rings (SSSR count). The van der Waals surface area contributed by atoms with E-state index < -0.39 is 13.6 Å². The molecular weight excluding hydrogens is 250 g/mol. The third-order valence-electron chi connectivity index (χ3n) is 1.37. The van der Waals surface area contributed by atoms with E-state index in [1.807, 2.05) is 5.09 Å². The summed E-state index contributed by atoms with van der Waals surface area (Å²) in [5.74, 6) is -0.174. The molecule has 8 heteroatoms. The fourth-order valence-electron chi connectivity index (χ4n) is 0.854. The highest BCUT2D eigenvalue weighted by atomic mass is 35.5. The summed E-state index contributed by atoms with van der Waals surface area (Å²) in [6.07, 6.45) is 0. The van der Waals surface area contributed by atoms with Gasteiger partial charge in [-0.3, -0.25) is 9.88 Å². The standard InChI is InChI=1S/C6H13Cl2N2O3P/c1-6(11)9-14(12,13)10(4-2-7)5-3-8/h2-5H2,1H3,(H2,9,11,12,13). The van der Waals surface area contributed by atoms with Crippen LogP contribution in [0.3, 0.4) is 0 Å². The van der Waals surface area contributed by atoms with E-state index in [9.17, 15) is 14.3 Å². The van der Waals surface area contributed by atoms with Gasteiger partial charge in [-0.1, -0.05) is 0 Å². The molecule has 0 saturated carbocycles. The first-order chi connectivity index (χ1) is 6.44. The van der Waals surface area contributed by atoms with Crippen LogP contribution in [0.25, 0.3) is 0 Å². The van der Waals surface area contributed by atoms with Crippen LogP contribution in [0.1, 0.15) is 6.92 Å². The van der Waals surface area contributed by atoms with Crippen molar-refractivity contribution in [3.63, 3.8) is 0 Å². The maximum absolute atomic E-state index is 11.5. The Hall–Kier alpha value is 0.200. The van der Waals surface area contributed by atoms with Crippen LogP contribution in [0.15, 0.2) is 0 Å². The van der Waals surface area contributed by atoms with Crippen molar-refractivity contribution in [2.24, 2.45) is 0 Å². The number of nitrogens with one attached hydrogen (secondary N) is 1. The number of nitrogens with zero attached hydrogens (tertiary/aromatic N) is 1. The van der Waals surface area contributed by atoms with Crippen LogP contribution in [-0.4, -0.2) is 40.3 Å². The average molecular weight is 263 g/mol. The Morgan fingerprint density at radius 1 is 1.43 bits per heavy atom. The van der Waals surface area contributed by atoms with E-state index in [-0.39, 0.29) is 24.8 Å². The van der Waals surface area contributed by atoms with Crippen LogP contribution in [0.2, 0.25) is 0 Å². The van der Waals surface area contributed by atoms with E-state index in [2.05, 4.69) is 0 Å². The minimum atomic E-state index is -3.83. The zero-order valence-corrected chi connectivity index (χ0v) is 10.1. The van der Waals surface area contributed by atoms with Crippen molar-refractivity contribution in [3.8, 4) is 0 Å². The van der Waals surface area contributed by atoms with Gasteiger partial charge in [0.2, 0.25) is 5.91 Å². The van der Waals surface area contributed by atoms with E-state index in [0.29, 0.717) is 0 Å². The normalized spacial score (nSPS) is 15.2. The maximum atomic E-state index is 11.5. The molecule has 14 heavy (non-hydrogen) atoms. The largest absolute Gasteiger partial charge is 0.368 e. The lowest BCUT2D eigenvalue weighted by Gasteiger charge is -2.25. The smallest absolute Gasteiger partial charge is 0.317 e. The zero-order chi connectivity index (χ0) is 11.2. The highest BCUT2D eigenvalue weighted by molar-refractivity contribution is 7.54. The van der Waals surface area contributed by atoms with Crippen LogP contribution < -0.4 is 5.09 Å². The van der Waals surface area contributed by atoms with Crippen LogP contribution in [0.4, 0.5) is 0 Å². The second-order valence-corrected chi connectivity index (χ2v) is 5.18. The van der Waals surface area contributed by atoms with Crippen molar-refractivity contribution < 1.29 is 14.3 Å². The molecule has 0 aliphatic heterocycles. The van der Waals surface area contributed by atoms with Gasteiger partial charge in [0.1, 0.15) is 0 Å². The Bertz CT molecular complexity index is 233. The van der Waals surface area contributed by atoms with Gasteiger partial charge in [0.15, 0.2) is 0 Å². The zero-order valence-electron chi connectivity index (χ0n) is 7.74. The Kier molecular flexibility index (Phi) is 6.74. The Balaban J connectivity index is 4.44. The van der Waals surface area contributed by atoms with E-state index in [1.165, 1.54) is 6.92 Å². The third-order valence-corrected chi connectivity index (χ3v) is 3.48. The summed E-state index contributed by atoms with van der Waals surface area (Å²) >= 11 is 10.9. The van der Waals surface area contributed by atoms with Crippen LogP contribution in [0.5, 0.6) is 0 Å². The molecule has 84 valence electrons. The molecule has 0 aliphatic rings. The summed E-state index contributed by atoms with van der Waals surface area (Å²) in [5, 5.41) is 1.97. The van der Waals surface area contributed by atoms with Crippen molar-refractivity contribution in [1.29, 1.82) is 0 Å². The third kappa shape index (κ3) is 5.17. The molecule has 0 aromatic carbocycles. The van der Waals surface area contributed by atoms with Crippen molar-refractivity contribution in [3.05, 3.63) is 0 Å². The van der Waals surface area contributed by atoms with Gasteiger partial charge in [-0.2, -0.15) is 0 Å². The van der Waals surface area contributed by atoms with Crippen molar-refractivity contribution in [2.45, 2.75) is 6.92 Å². The minimum Gasteiger partial charge on any atom is -0.317 e. The van der Waals surface area contributed by atoms with E-state index in [0.717, 1.165) is 4.67 Å². The van der Waals surface area contributed by atoms with Crippen molar-refractivity contribution >= 4 is 36.8 Å². The summed E-state index contributed by atoms with van der Waals surface area (Å²) < 4.78 is 12.7. The molecule has 0 aliphatic carbocycles. The van der Waals surface area contributed by atoms with Crippen LogP contribution in [-0.2, 0) is 9.36 Å². The topological polar surface area (TPSA) is 69.6 Å². The Morgan fingerprint density at radius 2 is 1.86 bits per heavy atom. The molecule has 0 saturated heterocycles. The number of hydrogen-bond acceptors (Lipinski definition) is 2. The van der Waals surface area contributed by atoms with E-state index in [4.69, 9.17) is 23.2 Å². The molecule has 5 nitrogen and oxygen atoms in total. The first-order valence-electron chi connectivity index (χ1n) is 3.93. The predicted molar refractivity (Wildman–Crippen MR) is 56.7 cm³/mol. The second-order valence-electron chi connectivity index (χ2n) is 2.54. The van der Waals surface area contributed by atoms with Crippen molar-refractivity contribution in [1.82, 2.24) is 9.76 Å². The van der Waals surface area contributed by atoms with Crippen LogP contribution in [0, 0.1) is 0 Å². The van der Waals surface area contributed by atoms with E-state index in [1.54, 1.807) is 0 Å². The predicted octanol–water partition coefficient (Wildman–Crippen LogP) is 1.00. The number of alkyl halides is 2. The maximum Gasteiger partial charge on any atom is 0.368 e. The lowest BCUT2D eigenvalue weighted by Crippen LogP contribution is -2.33. The number of rotatable bonds is 6. The molecule has 1 amide bonds. The first-order valence-corrected chi connectivity index (χ1v) is 6.61. The minimum absolute atomic E-state index is 0.195. The van der Waals surface area contributed by atoms with Gasteiger partial charge in [0.05, 0.1) is 0 Å². The lowest BCUT2D eigenvalue weighted by atomic mass is 10.6. The first kappa shape index (κ1) is 14.2. The van der Waals surface area contributed by atoms with Gasteiger partial charge < -0.3 is 4.89 Å². The molecule has 0 bridgehead atoms. The number of carbonyl (C=O) groups excluding carboxylic acids is 1. The fourth-order valence-corrected chi connectivity index (χ4v) is 2.79. The molecule has 1 unspecified atom stereocenters. The molecule has 0 fully saturated rings. The van der Waals surface area contributed by atoms with Gasteiger partial charge in [0, 0.05) is 31.8 Å². The van der Waals surface area contributed by atoms with Gasteiger partial charge in [-0.15, -0.1) is 23.2 Å². The molecule has 0 heterocycles. The number of amides is 1. The molecule has 0 aromatic rings. The van der Waals surface area contributed by atoms with Gasteiger partial charge in [-0.05, 0) is 0 Å². The number of carbonyl (C=O) groups is 1. The quantitative estimate of drug-likeness (QED) is 0.554. The highest BCUT2D eigenvalue weighted by Crippen LogP contribution is 2.39. The molecule has 0 spiro atoms. The molecule has 0 radical (unpaired) electrons. The Labute approximate surface area is 92.9 Å². The van der Waals surface area contributed by atoms with Gasteiger partial charge >= 0.3 is 7.67 Å². The molecule has 1 atom stereocenters. The summed E-state index contributed by atoms with van der Waals surface area (Å²) in [5.41, 5.74) is 0. The molecule has 2 N–H and O–H groups in total. The van der Waals surface area contributed by atoms with Gasteiger partial charge in [-0.25, -0.2) is 9.24 Å².